The topological polar surface area (TPSA) is 56.1 Å². The van der Waals surface area contributed by atoms with Crippen molar-refractivity contribution in [3.05, 3.63) is 29.8 Å². The van der Waals surface area contributed by atoms with Crippen LogP contribution in [0.3, 0.4) is 0 Å². The second-order valence-electron chi connectivity index (χ2n) is 6.45. The van der Waals surface area contributed by atoms with Crippen molar-refractivity contribution in [2.24, 2.45) is 5.92 Å². The van der Waals surface area contributed by atoms with Crippen LogP contribution in [0, 0.1) is 17.2 Å². The lowest BCUT2D eigenvalue weighted by Crippen LogP contribution is -2.51. The van der Waals surface area contributed by atoms with Gasteiger partial charge in [-0.05, 0) is 50.7 Å². The molecule has 2 unspecified atom stereocenters. The average Bonchev–Trinajstić information content (AvgIpc) is 3.26. The number of carbonyl (C=O) groups excluding carboxylic acids is 1. The van der Waals surface area contributed by atoms with Gasteiger partial charge in [-0.25, -0.2) is 0 Å². The zero-order valence-corrected chi connectivity index (χ0v) is 12.6. The minimum Gasteiger partial charge on any atom is -0.359 e. The molecule has 1 aliphatic carbocycles. The van der Waals surface area contributed by atoms with Crippen molar-refractivity contribution in [3.63, 3.8) is 0 Å². The Morgan fingerprint density at radius 3 is 2.86 bits per heavy atom. The van der Waals surface area contributed by atoms with Gasteiger partial charge in [0.15, 0.2) is 0 Å². The van der Waals surface area contributed by atoms with Gasteiger partial charge in [-0.2, -0.15) is 5.26 Å². The summed E-state index contributed by atoms with van der Waals surface area (Å²) in [6.45, 7) is 4.30. The molecular formula is C17H21N3O. The maximum atomic E-state index is 12.4. The smallest absolute Gasteiger partial charge is 0.240 e. The molecule has 0 bridgehead atoms. The first-order valence-corrected chi connectivity index (χ1v) is 7.60. The van der Waals surface area contributed by atoms with Crippen LogP contribution in [0.1, 0.15) is 32.3 Å². The molecule has 110 valence electrons. The van der Waals surface area contributed by atoms with Gasteiger partial charge in [0.2, 0.25) is 5.91 Å². The minimum absolute atomic E-state index is 0.0606. The second-order valence-corrected chi connectivity index (χ2v) is 6.45. The molecule has 0 spiro atoms. The van der Waals surface area contributed by atoms with Gasteiger partial charge < -0.3 is 10.2 Å². The van der Waals surface area contributed by atoms with Crippen LogP contribution in [-0.4, -0.2) is 24.0 Å². The van der Waals surface area contributed by atoms with Crippen molar-refractivity contribution in [1.29, 1.82) is 5.26 Å². The number of nitriles is 1. The van der Waals surface area contributed by atoms with Crippen LogP contribution in [0.15, 0.2) is 24.3 Å². The summed E-state index contributed by atoms with van der Waals surface area (Å²) in [5.74, 6) is 0.254. The van der Waals surface area contributed by atoms with E-state index in [4.69, 9.17) is 0 Å². The van der Waals surface area contributed by atoms with Gasteiger partial charge in [0.25, 0.3) is 0 Å². The summed E-state index contributed by atoms with van der Waals surface area (Å²) in [4.78, 5) is 14.5. The van der Waals surface area contributed by atoms with Crippen molar-refractivity contribution in [2.75, 3.05) is 11.4 Å². The van der Waals surface area contributed by atoms with Crippen LogP contribution in [-0.2, 0) is 11.2 Å². The molecule has 21 heavy (non-hydrogen) atoms. The van der Waals surface area contributed by atoms with Crippen LogP contribution in [0.4, 0.5) is 5.69 Å². The van der Waals surface area contributed by atoms with Gasteiger partial charge in [0, 0.05) is 11.7 Å². The van der Waals surface area contributed by atoms with Crippen LogP contribution >= 0.6 is 0 Å². The molecule has 1 saturated carbocycles. The normalized spacial score (nSPS) is 23.1. The van der Waals surface area contributed by atoms with E-state index in [1.165, 1.54) is 5.56 Å². The number of rotatable bonds is 4. The molecule has 0 saturated heterocycles. The number of fused-ring (bicyclic) bond motifs is 1. The molecular weight excluding hydrogens is 262 g/mol. The van der Waals surface area contributed by atoms with E-state index in [1.54, 1.807) is 0 Å². The SMILES string of the molecule is CC1Cc2ccccc2N1CC(=O)NC(C)(C#N)C1CC1. The summed E-state index contributed by atoms with van der Waals surface area (Å²) in [6.07, 6.45) is 3.04. The third-order valence-electron chi connectivity index (χ3n) is 4.69. The Bertz CT molecular complexity index is 602. The molecule has 1 aromatic carbocycles. The molecule has 1 amide bonds. The van der Waals surface area contributed by atoms with Gasteiger partial charge in [0.1, 0.15) is 5.54 Å². The summed E-state index contributed by atoms with van der Waals surface area (Å²) in [6, 6.07) is 10.8. The van der Waals surface area contributed by atoms with E-state index in [0.717, 1.165) is 24.9 Å². The molecule has 1 heterocycles. The predicted octanol–water partition coefficient (Wildman–Crippen LogP) is 2.25. The Labute approximate surface area is 125 Å². The van der Waals surface area contributed by atoms with Gasteiger partial charge >= 0.3 is 0 Å². The summed E-state index contributed by atoms with van der Waals surface area (Å²) in [5.41, 5.74) is 1.73. The van der Waals surface area contributed by atoms with E-state index in [9.17, 15) is 10.1 Å². The molecule has 0 aromatic heterocycles. The fourth-order valence-electron chi connectivity index (χ4n) is 3.24. The second kappa shape index (κ2) is 5.07. The van der Waals surface area contributed by atoms with Gasteiger partial charge in [-0.15, -0.1) is 0 Å². The number of benzene rings is 1. The Hall–Kier alpha value is -2.02. The predicted molar refractivity (Wildman–Crippen MR) is 81.8 cm³/mol. The molecule has 1 N–H and O–H groups in total. The maximum Gasteiger partial charge on any atom is 0.240 e. The molecule has 1 aromatic rings. The minimum atomic E-state index is -0.709. The van der Waals surface area contributed by atoms with Crippen LogP contribution < -0.4 is 10.2 Å². The number of nitrogens with one attached hydrogen (secondary N) is 1. The number of nitrogens with zero attached hydrogens (tertiary/aromatic N) is 2. The Morgan fingerprint density at radius 1 is 1.48 bits per heavy atom. The summed E-state index contributed by atoms with van der Waals surface area (Å²) in [7, 11) is 0. The zero-order valence-electron chi connectivity index (χ0n) is 12.6. The first kappa shape index (κ1) is 13.9. The standard InChI is InChI=1S/C17H21N3O/c1-12-9-13-5-3-4-6-15(13)20(12)10-16(21)19-17(2,11-18)14-7-8-14/h3-6,12,14H,7-10H2,1-2H3,(H,19,21). The van der Waals surface area contributed by atoms with Crippen molar-refractivity contribution < 1.29 is 4.79 Å². The maximum absolute atomic E-state index is 12.4. The van der Waals surface area contributed by atoms with Crippen molar-refractivity contribution in [1.82, 2.24) is 5.32 Å². The Kier molecular flexibility index (Phi) is 3.36. The third-order valence-corrected chi connectivity index (χ3v) is 4.69. The van der Waals surface area contributed by atoms with Gasteiger partial charge in [-0.1, -0.05) is 18.2 Å². The number of carbonyl (C=O) groups is 1. The van der Waals surface area contributed by atoms with E-state index in [0.29, 0.717) is 18.5 Å². The fraction of sp³-hybridized carbons (Fsp3) is 0.529. The van der Waals surface area contributed by atoms with Crippen LogP contribution in [0.5, 0.6) is 0 Å². The Balaban J connectivity index is 1.69. The number of para-hydroxylation sites is 1. The highest BCUT2D eigenvalue weighted by atomic mass is 16.2. The number of hydrogen-bond donors (Lipinski definition) is 1. The van der Waals surface area contributed by atoms with E-state index in [1.807, 2.05) is 19.1 Å². The zero-order chi connectivity index (χ0) is 15.0. The van der Waals surface area contributed by atoms with Gasteiger partial charge in [0.05, 0.1) is 12.6 Å². The lowest BCUT2D eigenvalue weighted by atomic mass is 9.98. The molecule has 0 radical (unpaired) electrons. The molecule has 4 heteroatoms. The number of amides is 1. The van der Waals surface area contributed by atoms with E-state index < -0.39 is 5.54 Å². The van der Waals surface area contributed by atoms with E-state index in [2.05, 4.69) is 35.3 Å². The fourth-order valence-corrected chi connectivity index (χ4v) is 3.24. The molecule has 1 aliphatic heterocycles. The summed E-state index contributed by atoms with van der Waals surface area (Å²) in [5, 5.41) is 12.3. The van der Waals surface area contributed by atoms with Gasteiger partial charge in [-0.3, -0.25) is 4.79 Å². The van der Waals surface area contributed by atoms with Crippen LogP contribution in [0.2, 0.25) is 0 Å². The quantitative estimate of drug-likeness (QED) is 0.922. The number of anilines is 1. The van der Waals surface area contributed by atoms with E-state index in [-0.39, 0.29) is 5.91 Å². The van der Waals surface area contributed by atoms with E-state index >= 15 is 0 Å². The molecule has 2 atom stereocenters. The van der Waals surface area contributed by atoms with Crippen molar-refractivity contribution >= 4 is 11.6 Å². The molecule has 1 fully saturated rings. The highest BCUT2D eigenvalue weighted by Crippen LogP contribution is 2.39. The monoisotopic (exact) mass is 283 g/mol. The lowest BCUT2D eigenvalue weighted by molar-refractivity contribution is -0.121. The Morgan fingerprint density at radius 2 is 2.19 bits per heavy atom. The summed E-state index contributed by atoms with van der Waals surface area (Å²) >= 11 is 0. The first-order chi connectivity index (χ1) is 10.0. The number of hydrogen-bond acceptors (Lipinski definition) is 3. The van der Waals surface area contributed by atoms with Crippen molar-refractivity contribution in [3.8, 4) is 6.07 Å². The van der Waals surface area contributed by atoms with Crippen LogP contribution in [0.25, 0.3) is 0 Å². The highest BCUT2D eigenvalue weighted by Gasteiger charge is 2.43. The molecule has 3 rings (SSSR count). The highest BCUT2D eigenvalue weighted by molar-refractivity contribution is 5.83. The molecule has 4 nitrogen and oxygen atoms in total. The largest absolute Gasteiger partial charge is 0.359 e. The first-order valence-electron chi connectivity index (χ1n) is 7.60. The average molecular weight is 283 g/mol. The summed E-state index contributed by atoms with van der Waals surface area (Å²) < 4.78 is 0. The third kappa shape index (κ3) is 2.61. The molecule has 2 aliphatic rings. The lowest BCUT2D eigenvalue weighted by Gasteiger charge is -2.28. The van der Waals surface area contributed by atoms with Crippen molar-refractivity contribution in [2.45, 2.75) is 44.7 Å².